The highest BCUT2D eigenvalue weighted by Gasteiger charge is 2.24. The first-order valence-electron chi connectivity index (χ1n) is 12.7. The molecule has 1 aromatic heterocycles. The number of hydrogen-bond donors (Lipinski definition) is 1. The van der Waals surface area contributed by atoms with Crippen molar-refractivity contribution in [1.29, 1.82) is 0 Å². The minimum Gasteiger partial charge on any atom is -0.329 e. The van der Waals surface area contributed by atoms with E-state index >= 15 is 0 Å². The van der Waals surface area contributed by atoms with Crippen LogP contribution in [0.4, 0.5) is 5.82 Å². The van der Waals surface area contributed by atoms with Crippen molar-refractivity contribution in [3.05, 3.63) is 77.0 Å². The van der Waals surface area contributed by atoms with E-state index in [2.05, 4.69) is 46.9 Å². The van der Waals surface area contributed by atoms with Crippen molar-refractivity contribution in [3.8, 4) is 5.69 Å². The molecule has 0 fully saturated rings. The third-order valence-corrected chi connectivity index (χ3v) is 6.20. The molecule has 192 valence electrons. The van der Waals surface area contributed by atoms with Crippen molar-refractivity contribution in [2.75, 3.05) is 18.4 Å². The highest BCUT2D eigenvalue weighted by molar-refractivity contribution is 5.99. The molecule has 0 aliphatic rings. The standard InChI is InChI=1S/C30H40N4O2/c1-9-18-33(28(36)22-14-16-23(17-15-22)29(3,4)5)20-27(35)31-26-19-25(30(6,7)8)32-34(26)24-13-11-10-12-21(24)2/h10-17,19H,9,18,20H2,1-8H3,(H,31,35). The van der Waals surface area contributed by atoms with Crippen molar-refractivity contribution in [1.82, 2.24) is 14.7 Å². The maximum atomic E-state index is 13.3. The Morgan fingerprint density at radius 3 is 2.14 bits per heavy atom. The summed E-state index contributed by atoms with van der Waals surface area (Å²) in [5.74, 6) is 0.200. The maximum Gasteiger partial charge on any atom is 0.254 e. The number of nitrogens with zero attached hydrogens (tertiary/aromatic N) is 3. The number of amides is 2. The van der Waals surface area contributed by atoms with Gasteiger partial charge >= 0.3 is 0 Å². The second-order valence-electron chi connectivity index (χ2n) is 11.5. The van der Waals surface area contributed by atoms with E-state index in [4.69, 9.17) is 5.10 Å². The zero-order valence-corrected chi connectivity index (χ0v) is 23.0. The summed E-state index contributed by atoms with van der Waals surface area (Å²) in [6.07, 6.45) is 0.758. The molecule has 0 atom stereocenters. The molecule has 0 bridgehead atoms. The molecule has 0 saturated carbocycles. The molecule has 0 saturated heterocycles. The number of hydrogen-bond acceptors (Lipinski definition) is 3. The molecule has 0 aliphatic carbocycles. The first kappa shape index (κ1) is 27.2. The number of para-hydroxylation sites is 1. The molecule has 0 aliphatic heterocycles. The molecule has 6 heteroatoms. The monoisotopic (exact) mass is 488 g/mol. The lowest BCUT2D eigenvalue weighted by Crippen LogP contribution is -2.38. The molecular formula is C30H40N4O2. The maximum absolute atomic E-state index is 13.3. The number of carbonyl (C=O) groups excluding carboxylic acids is 2. The summed E-state index contributed by atoms with van der Waals surface area (Å²) in [5, 5.41) is 7.83. The van der Waals surface area contributed by atoms with Gasteiger partial charge in [-0.25, -0.2) is 4.68 Å². The van der Waals surface area contributed by atoms with Gasteiger partial charge in [-0.3, -0.25) is 9.59 Å². The minimum atomic E-state index is -0.252. The number of nitrogens with one attached hydrogen (secondary N) is 1. The van der Waals surface area contributed by atoms with Gasteiger partial charge in [-0.2, -0.15) is 5.10 Å². The minimum absolute atomic E-state index is 0.0105. The van der Waals surface area contributed by atoms with Gasteiger partial charge in [0, 0.05) is 23.6 Å². The number of aromatic nitrogens is 2. The summed E-state index contributed by atoms with van der Waals surface area (Å²) < 4.78 is 1.78. The van der Waals surface area contributed by atoms with E-state index in [1.54, 1.807) is 9.58 Å². The van der Waals surface area contributed by atoms with Crippen molar-refractivity contribution in [3.63, 3.8) is 0 Å². The van der Waals surface area contributed by atoms with Gasteiger partial charge in [0.15, 0.2) is 0 Å². The zero-order chi connectivity index (χ0) is 26.7. The smallest absolute Gasteiger partial charge is 0.254 e. The number of benzene rings is 2. The fourth-order valence-corrected chi connectivity index (χ4v) is 3.99. The summed E-state index contributed by atoms with van der Waals surface area (Å²) >= 11 is 0. The second kappa shape index (κ2) is 10.7. The quantitative estimate of drug-likeness (QED) is 0.426. The van der Waals surface area contributed by atoms with Crippen molar-refractivity contribution in [2.24, 2.45) is 0 Å². The SMILES string of the molecule is CCCN(CC(=O)Nc1cc(C(C)(C)C)nn1-c1ccccc1C)C(=O)c1ccc(C(C)(C)C)cc1. The molecule has 0 spiro atoms. The highest BCUT2D eigenvalue weighted by Crippen LogP contribution is 2.27. The van der Waals surface area contributed by atoms with Gasteiger partial charge in [-0.1, -0.05) is 78.8 Å². The predicted molar refractivity (Wildman–Crippen MR) is 147 cm³/mol. The number of anilines is 1. The Morgan fingerprint density at radius 2 is 1.58 bits per heavy atom. The number of rotatable bonds is 7. The summed E-state index contributed by atoms with van der Waals surface area (Å²) in [4.78, 5) is 28.1. The van der Waals surface area contributed by atoms with E-state index in [9.17, 15) is 9.59 Å². The largest absolute Gasteiger partial charge is 0.329 e. The summed E-state index contributed by atoms with van der Waals surface area (Å²) in [6.45, 7) is 17.2. The van der Waals surface area contributed by atoms with Crippen LogP contribution < -0.4 is 5.32 Å². The van der Waals surface area contributed by atoms with E-state index in [1.165, 1.54) is 0 Å². The predicted octanol–water partition coefficient (Wildman–Crippen LogP) is 6.27. The molecule has 1 heterocycles. The fourth-order valence-electron chi connectivity index (χ4n) is 3.99. The lowest BCUT2D eigenvalue weighted by atomic mass is 9.86. The average Bonchev–Trinajstić information content (AvgIpc) is 3.22. The Hall–Kier alpha value is -3.41. The van der Waals surface area contributed by atoms with Crippen molar-refractivity contribution < 1.29 is 9.59 Å². The number of carbonyl (C=O) groups is 2. The Balaban J connectivity index is 1.84. The summed E-state index contributed by atoms with van der Waals surface area (Å²) in [5.41, 5.74) is 4.42. The van der Waals surface area contributed by atoms with Crippen LogP contribution in [0.2, 0.25) is 0 Å². The van der Waals surface area contributed by atoms with Crippen LogP contribution in [0.15, 0.2) is 54.6 Å². The number of aryl methyl sites for hydroxylation is 1. The van der Waals surface area contributed by atoms with E-state index in [0.717, 1.165) is 28.9 Å². The Labute approximate surface area is 215 Å². The molecule has 1 N–H and O–H groups in total. The van der Waals surface area contributed by atoms with Gasteiger partial charge in [-0.15, -0.1) is 0 Å². The molecule has 0 unspecified atom stereocenters. The molecule has 2 aromatic carbocycles. The normalized spacial score (nSPS) is 11.9. The van der Waals surface area contributed by atoms with Gasteiger partial charge in [0.25, 0.3) is 5.91 Å². The topological polar surface area (TPSA) is 67.2 Å². The lowest BCUT2D eigenvalue weighted by molar-refractivity contribution is -0.116. The molecule has 3 aromatic rings. The molecule has 6 nitrogen and oxygen atoms in total. The molecule has 2 amide bonds. The van der Waals surface area contributed by atoms with Gasteiger partial charge in [0.05, 0.1) is 11.4 Å². The van der Waals surface area contributed by atoms with Crippen molar-refractivity contribution in [2.45, 2.75) is 72.6 Å². The van der Waals surface area contributed by atoms with E-state index in [0.29, 0.717) is 17.9 Å². The van der Waals surface area contributed by atoms with E-state index in [-0.39, 0.29) is 29.2 Å². The highest BCUT2D eigenvalue weighted by atomic mass is 16.2. The Kier molecular flexibility index (Phi) is 8.07. The Bertz CT molecular complexity index is 1210. The van der Waals surface area contributed by atoms with Gasteiger partial charge in [0.2, 0.25) is 5.91 Å². The Morgan fingerprint density at radius 1 is 0.944 bits per heavy atom. The zero-order valence-electron chi connectivity index (χ0n) is 23.0. The molecule has 0 radical (unpaired) electrons. The van der Waals surface area contributed by atoms with Gasteiger partial charge < -0.3 is 10.2 Å². The van der Waals surface area contributed by atoms with E-state index < -0.39 is 0 Å². The third kappa shape index (κ3) is 6.42. The first-order chi connectivity index (χ1) is 16.8. The fraction of sp³-hybridized carbons (Fsp3) is 0.433. The van der Waals surface area contributed by atoms with Gasteiger partial charge in [-0.05, 0) is 48.1 Å². The van der Waals surface area contributed by atoms with Crippen LogP contribution in [0.3, 0.4) is 0 Å². The van der Waals surface area contributed by atoms with Crippen LogP contribution in [0.1, 0.15) is 82.1 Å². The molecule has 36 heavy (non-hydrogen) atoms. The molecule has 3 rings (SSSR count). The third-order valence-electron chi connectivity index (χ3n) is 6.20. The van der Waals surface area contributed by atoms with E-state index in [1.807, 2.05) is 68.4 Å². The van der Waals surface area contributed by atoms with Crippen LogP contribution in [0.25, 0.3) is 5.69 Å². The molecular weight excluding hydrogens is 448 g/mol. The average molecular weight is 489 g/mol. The van der Waals surface area contributed by atoms with Crippen LogP contribution >= 0.6 is 0 Å². The second-order valence-corrected chi connectivity index (χ2v) is 11.5. The lowest BCUT2D eigenvalue weighted by Gasteiger charge is -2.23. The van der Waals surface area contributed by atoms with Crippen LogP contribution in [0, 0.1) is 6.92 Å². The first-order valence-corrected chi connectivity index (χ1v) is 12.7. The summed E-state index contributed by atoms with van der Waals surface area (Å²) in [6, 6.07) is 17.6. The summed E-state index contributed by atoms with van der Waals surface area (Å²) in [7, 11) is 0. The van der Waals surface area contributed by atoms with Gasteiger partial charge in [0.1, 0.15) is 12.4 Å². The van der Waals surface area contributed by atoms with Crippen LogP contribution in [-0.2, 0) is 15.6 Å². The van der Waals surface area contributed by atoms with Crippen molar-refractivity contribution >= 4 is 17.6 Å². The van der Waals surface area contributed by atoms with Crippen LogP contribution in [0.5, 0.6) is 0 Å². The van der Waals surface area contributed by atoms with Crippen LogP contribution in [-0.4, -0.2) is 39.6 Å².